The van der Waals surface area contributed by atoms with Gasteiger partial charge in [0, 0.05) is 27.9 Å². The number of nitrogens with zero attached hydrogens (tertiary/aromatic N) is 1. The molecular weight excluding hydrogens is 378 g/mol. The van der Waals surface area contributed by atoms with Crippen LogP contribution >= 0.6 is 0 Å². The van der Waals surface area contributed by atoms with Gasteiger partial charge in [0.25, 0.3) is 0 Å². The van der Waals surface area contributed by atoms with Gasteiger partial charge in [-0.15, -0.1) is 0 Å². The average Bonchev–Trinajstić information content (AvgIpc) is 3.12. The molecule has 6 rings (SSSR count). The fourth-order valence-electron chi connectivity index (χ4n) is 4.56. The second-order valence-corrected chi connectivity index (χ2v) is 7.77. The molecule has 0 N–H and O–H groups in total. The molecule has 0 aromatic heterocycles. The number of para-hydroxylation sites is 1. The van der Waals surface area contributed by atoms with Crippen molar-refractivity contribution in [2.45, 2.75) is 0 Å². The van der Waals surface area contributed by atoms with E-state index in [0.717, 1.165) is 39.3 Å². The van der Waals surface area contributed by atoms with Gasteiger partial charge in [0.2, 0.25) is 0 Å². The largest absolute Gasteiger partial charge is 0.310 e. The van der Waals surface area contributed by atoms with Crippen LogP contribution in [0.5, 0.6) is 0 Å². The first kappa shape index (κ1) is 17.7. The highest BCUT2D eigenvalue weighted by Crippen LogP contribution is 2.43. The van der Waals surface area contributed by atoms with E-state index in [1.165, 1.54) is 10.8 Å². The Morgan fingerprint density at radius 2 is 1.16 bits per heavy atom. The minimum absolute atomic E-state index is 0.0957. The molecule has 5 aromatic rings. The van der Waals surface area contributed by atoms with Gasteiger partial charge in [0.05, 0.1) is 5.69 Å². The lowest BCUT2D eigenvalue weighted by atomic mass is 10.0. The smallest absolute Gasteiger partial charge is 0.194 e. The van der Waals surface area contributed by atoms with Gasteiger partial charge in [0.1, 0.15) is 0 Å². The minimum Gasteiger partial charge on any atom is -0.310 e. The molecular formula is C29H19NO. The van der Waals surface area contributed by atoms with Gasteiger partial charge in [-0.2, -0.15) is 0 Å². The number of carbonyl (C=O) groups excluding carboxylic acids is 1. The lowest BCUT2D eigenvalue weighted by Crippen LogP contribution is -2.11. The third-order valence-electron chi connectivity index (χ3n) is 5.99. The van der Waals surface area contributed by atoms with Crippen LogP contribution in [0, 0.1) is 0 Å². The molecule has 0 saturated heterocycles. The van der Waals surface area contributed by atoms with E-state index in [2.05, 4.69) is 71.6 Å². The van der Waals surface area contributed by atoms with Gasteiger partial charge in [-0.3, -0.25) is 4.79 Å². The Hall–Kier alpha value is -4.17. The van der Waals surface area contributed by atoms with Crippen molar-refractivity contribution in [1.29, 1.82) is 0 Å². The number of carbonyl (C=O) groups is 1. The zero-order valence-corrected chi connectivity index (χ0v) is 16.8. The summed E-state index contributed by atoms with van der Waals surface area (Å²) < 4.78 is 0. The predicted octanol–water partition coefficient (Wildman–Crippen LogP) is 7.52. The van der Waals surface area contributed by atoms with Crippen LogP contribution in [0.3, 0.4) is 0 Å². The molecule has 0 fully saturated rings. The maximum atomic E-state index is 13.1. The average molecular weight is 397 g/mol. The maximum Gasteiger partial charge on any atom is 0.194 e. The fourth-order valence-corrected chi connectivity index (χ4v) is 4.56. The molecule has 1 aliphatic carbocycles. The summed E-state index contributed by atoms with van der Waals surface area (Å²) >= 11 is 0. The lowest BCUT2D eigenvalue weighted by molar-refractivity contribution is 0.104. The Kier molecular flexibility index (Phi) is 3.97. The van der Waals surface area contributed by atoms with Crippen LogP contribution in [0.25, 0.3) is 21.9 Å². The summed E-state index contributed by atoms with van der Waals surface area (Å²) in [5.41, 5.74) is 6.70. The van der Waals surface area contributed by atoms with E-state index in [1.54, 1.807) is 0 Å². The molecule has 5 aromatic carbocycles. The summed E-state index contributed by atoms with van der Waals surface area (Å²) in [6, 6.07) is 39.2. The highest BCUT2D eigenvalue weighted by Gasteiger charge is 2.27. The third kappa shape index (κ3) is 2.77. The van der Waals surface area contributed by atoms with Crippen LogP contribution in [0.15, 0.2) is 115 Å². The molecule has 0 unspecified atom stereocenters. The van der Waals surface area contributed by atoms with Gasteiger partial charge in [-0.25, -0.2) is 0 Å². The van der Waals surface area contributed by atoms with E-state index < -0.39 is 0 Å². The van der Waals surface area contributed by atoms with E-state index in [1.807, 2.05) is 48.5 Å². The first-order chi connectivity index (χ1) is 15.3. The van der Waals surface area contributed by atoms with Crippen LogP contribution in [-0.4, -0.2) is 5.78 Å². The van der Waals surface area contributed by atoms with Crippen molar-refractivity contribution < 1.29 is 4.79 Å². The standard InChI is InChI=1S/C29H19NO/c31-29-26-15-7-6-14-24(26)25-18-17-22(19-27(25)29)30(21-11-2-1-3-12-21)28-16-8-10-20-9-4-5-13-23(20)28/h1-19H. The van der Waals surface area contributed by atoms with Crippen LogP contribution < -0.4 is 4.90 Å². The van der Waals surface area contributed by atoms with Crippen LogP contribution in [0.2, 0.25) is 0 Å². The van der Waals surface area contributed by atoms with E-state index >= 15 is 0 Å². The van der Waals surface area contributed by atoms with Crippen LogP contribution in [-0.2, 0) is 0 Å². The van der Waals surface area contributed by atoms with Gasteiger partial charge in [-0.05, 0) is 46.8 Å². The Morgan fingerprint density at radius 3 is 2.03 bits per heavy atom. The number of hydrogen-bond acceptors (Lipinski definition) is 2. The quantitative estimate of drug-likeness (QED) is 0.308. The molecule has 2 nitrogen and oxygen atoms in total. The molecule has 0 atom stereocenters. The Labute approximate surface area is 181 Å². The lowest BCUT2D eigenvalue weighted by Gasteiger charge is -2.27. The van der Waals surface area contributed by atoms with Gasteiger partial charge < -0.3 is 4.90 Å². The summed E-state index contributed by atoms with van der Waals surface area (Å²) in [6.45, 7) is 0. The summed E-state index contributed by atoms with van der Waals surface area (Å²) in [6.07, 6.45) is 0. The Balaban J connectivity index is 1.58. The number of rotatable bonds is 3. The van der Waals surface area contributed by atoms with E-state index in [4.69, 9.17) is 0 Å². The molecule has 1 aliphatic rings. The SMILES string of the molecule is O=C1c2ccccc2-c2ccc(N(c3ccccc3)c3cccc4ccccc34)cc21. The number of fused-ring (bicyclic) bond motifs is 4. The molecule has 0 amide bonds. The van der Waals surface area contributed by atoms with Gasteiger partial charge in [-0.1, -0.05) is 84.9 Å². The summed E-state index contributed by atoms with van der Waals surface area (Å²) in [4.78, 5) is 15.4. The molecule has 0 aliphatic heterocycles. The number of anilines is 3. The number of ketones is 1. The molecule has 2 heteroatoms. The summed E-state index contributed by atoms with van der Waals surface area (Å²) in [7, 11) is 0. The summed E-state index contributed by atoms with van der Waals surface area (Å²) in [5.74, 6) is 0.0957. The first-order valence-electron chi connectivity index (χ1n) is 10.4. The maximum absolute atomic E-state index is 13.1. The van der Waals surface area contributed by atoms with Crippen molar-refractivity contribution in [3.05, 3.63) is 126 Å². The molecule has 0 saturated carbocycles. The molecule has 31 heavy (non-hydrogen) atoms. The van der Waals surface area contributed by atoms with Crippen molar-refractivity contribution in [1.82, 2.24) is 0 Å². The van der Waals surface area contributed by atoms with E-state index in [9.17, 15) is 4.79 Å². The molecule has 146 valence electrons. The van der Waals surface area contributed by atoms with Crippen molar-refractivity contribution in [2.24, 2.45) is 0 Å². The number of hydrogen-bond donors (Lipinski definition) is 0. The second kappa shape index (κ2) is 6.96. The van der Waals surface area contributed by atoms with E-state index in [0.29, 0.717) is 0 Å². The van der Waals surface area contributed by atoms with Crippen molar-refractivity contribution in [3.8, 4) is 11.1 Å². The second-order valence-electron chi connectivity index (χ2n) is 7.77. The Morgan fingerprint density at radius 1 is 0.484 bits per heavy atom. The molecule has 0 radical (unpaired) electrons. The van der Waals surface area contributed by atoms with Crippen LogP contribution in [0.4, 0.5) is 17.1 Å². The first-order valence-corrected chi connectivity index (χ1v) is 10.4. The number of benzene rings is 5. The Bertz CT molecular complexity index is 1450. The van der Waals surface area contributed by atoms with E-state index in [-0.39, 0.29) is 5.78 Å². The highest BCUT2D eigenvalue weighted by atomic mass is 16.1. The molecule has 0 heterocycles. The van der Waals surface area contributed by atoms with Gasteiger partial charge in [0.15, 0.2) is 5.78 Å². The highest BCUT2D eigenvalue weighted by molar-refractivity contribution is 6.22. The monoisotopic (exact) mass is 397 g/mol. The van der Waals surface area contributed by atoms with Gasteiger partial charge >= 0.3 is 0 Å². The zero-order valence-electron chi connectivity index (χ0n) is 16.8. The molecule has 0 spiro atoms. The summed E-state index contributed by atoms with van der Waals surface area (Å²) in [5, 5.41) is 2.36. The van der Waals surface area contributed by atoms with Crippen molar-refractivity contribution >= 4 is 33.6 Å². The van der Waals surface area contributed by atoms with Crippen molar-refractivity contribution in [3.63, 3.8) is 0 Å². The third-order valence-corrected chi connectivity index (χ3v) is 5.99. The fraction of sp³-hybridized carbons (Fsp3) is 0. The molecule has 0 bridgehead atoms. The predicted molar refractivity (Wildman–Crippen MR) is 127 cm³/mol. The van der Waals surface area contributed by atoms with Crippen LogP contribution in [0.1, 0.15) is 15.9 Å². The minimum atomic E-state index is 0.0957. The zero-order chi connectivity index (χ0) is 20.8. The normalized spacial score (nSPS) is 11.9. The van der Waals surface area contributed by atoms with Crippen molar-refractivity contribution in [2.75, 3.05) is 4.90 Å². The topological polar surface area (TPSA) is 20.3 Å².